The van der Waals surface area contributed by atoms with Gasteiger partial charge < -0.3 is 15.2 Å². The Hall–Kier alpha value is -1.07. The minimum absolute atomic E-state index is 0.0552. The number of carbonyl (C=O) groups is 1. The number of hydrogen-bond acceptors (Lipinski definition) is 3. The maximum absolute atomic E-state index is 12.1. The molecule has 0 heterocycles. The molecule has 0 aliphatic carbocycles. The van der Waals surface area contributed by atoms with Crippen molar-refractivity contribution in [2.24, 2.45) is 5.92 Å². The molecule has 1 aromatic rings. The lowest BCUT2D eigenvalue weighted by atomic mass is 9.92. The predicted molar refractivity (Wildman–Crippen MR) is 78.5 cm³/mol. The van der Waals surface area contributed by atoms with Gasteiger partial charge in [0.15, 0.2) is 0 Å². The molecule has 106 valence electrons. The van der Waals surface area contributed by atoms with Crippen molar-refractivity contribution < 1.29 is 14.6 Å². The number of aliphatic hydroxyl groups is 1. The van der Waals surface area contributed by atoms with E-state index in [9.17, 15) is 9.90 Å². The van der Waals surface area contributed by atoms with Gasteiger partial charge in [0, 0.05) is 11.0 Å². The first-order valence-electron chi connectivity index (χ1n) is 6.12. The van der Waals surface area contributed by atoms with Crippen molar-refractivity contribution >= 4 is 21.8 Å². The second kappa shape index (κ2) is 6.39. The number of halogens is 1. The smallest absolute Gasteiger partial charge is 0.255 e. The van der Waals surface area contributed by atoms with E-state index in [4.69, 9.17) is 4.74 Å². The zero-order chi connectivity index (χ0) is 14.6. The van der Waals surface area contributed by atoms with Gasteiger partial charge in [0.05, 0.1) is 18.3 Å². The SMILES string of the molecule is COc1cc(Br)ccc1C(=O)NCC(C)(O)C(C)C. The third-order valence-electron chi connectivity index (χ3n) is 3.26. The number of hydrogen-bond donors (Lipinski definition) is 2. The molecule has 5 heteroatoms. The Morgan fingerprint density at radius 1 is 1.53 bits per heavy atom. The monoisotopic (exact) mass is 329 g/mol. The van der Waals surface area contributed by atoms with Gasteiger partial charge >= 0.3 is 0 Å². The summed E-state index contributed by atoms with van der Waals surface area (Å²) in [6, 6.07) is 5.19. The largest absolute Gasteiger partial charge is 0.496 e. The van der Waals surface area contributed by atoms with Crippen molar-refractivity contribution in [2.75, 3.05) is 13.7 Å². The van der Waals surface area contributed by atoms with Crippen molar-refractivity contribution in [3.63, 3.8) is 0 Å². The highest BCUT2D eigenvalue weighted by atomic mass is 79.9. The van der Waals surface area contributed by atoms with Crippen LogP contribution in [0.15, 0.2) is 22.7 Å². The molecule has 19 heavy (non-hydrogen) atoms. The average molecular weight is 330 g/mol. The van der Waals surface area contributed by atoms with E-state index in [0.29, 0.717) is 11.3 Å². The third-order valence-corrected chi connectivity index (χ3v) is 3.75. The zero-order valence-corrected chi connectivity index (χ0v) is 13.2. The molecule has 4 nitrogen and oxygen atoms in total. The van der Waals surface area contributed by atoms with Crippen molar-refractivity contribution in [1.29, 1.82) is 0 Å². The topological polar surface area (TPSA) is 58.6 Å². The van der Waals surface area contributed by atoms with Crippen molar-refractivity contribution in [1.82, 2.24) is 5.32 Å². The Morgan fingerprint density at radius 3 is 2.68 bits per heavy atom. The molecule has 1 rings (SSSR count). The van der Waals surface area contributed by atoms with E-state index in [1.54, 1.807) is 25.1 Å². The first-order valence-corrected chi connectivity index (χ1v) is 6.91. The van der Waals surface area contributed by atoms with Gasteiger partial charge in [-0.25, -0.2) is 0 Å². The van der Waals surface area contributed by atoms with Crippen LogP contribution in [0, 0.1) is 5.92 Å². The summed E-state index contributed by atoms with van der Waals surface area (Å²) >= 11 is 3.32. The second-order valence-electron chi connectivity index (χ2n) is 5.04. The van der Waals surface area contributed by atoms with Gasteiger partial charge in [0.25, 0.3) is 5.91 Å². The quantitative estimate of drug-likeness (QED) is 0.872. The molecule has 0 radical (unpaired) electrons. The van der Waals surface area contributed by atoms with Gasteiger partial charge in [-0.1, -0.05) is 29.8 Å². The number of amides is 1. The highest BCUT2D eigenvalue weighted by molar-refractivity contribution is 9.10. The summed E-state index contributed by atoms with van der Waals surface area (Å²) in [4.78, 5) is 12.1. The molecule has 0 saturated heterocycles. The van der Waals surface area contributed by atoms with E-state index in [1.807, 2.05) is 13.8 Å². The average Bonchev–Trinajstić information content (AvgIpc) is 2.35. The normalized spacial score (nSPS) is 14.1. The molecule has 1 aromatic carbocycles. The molecule has 0 spiro atoms. The van der Waals surface area contributed by atoms with E-state index < -0.39 is 5.60 Å². The summed E-state index contributed by atoms with van der Waals surface area (Å²) < 4.78 is 6.02. The minimum atomic E-state index is -0.932. The fraction of sp³-hybridized carbons (Fsp3) is 0.500. The molecule has 0 fully saturated rings. The summed E-state index contributed by atoms with van der Waals surface area (Å²) in [5.41, 5.74) is -0.483. The predicted octanol–water partition coefficient (Wildman–Crippen LogP) is 2.59. The number of benzene rings is 1. The lowest BCUT2D eigenvalue weighted by molar-refractivity contribution is 0.0142. The maximum Gasteiger partial charge on any atom is 0.255 e. The molecular formula is C14H20BrNO3. The van der Waals surface area contributed by atoms with Crippen molar-refractivity contribution in [3.05, 3.63) is 28.2 Å². The van der Waals surface area contributed by atoms with Gasteiger partial charge in [-0.15, -0.1) is 0 Å². The van der Waals surface area contributed by atoms with Crippen LogP contribution in [0.4, 0.5) is 0 Å². The molecule has 2 N–H and O–H groups in total. The molecule has 0 saturated carbocycles. The summed E-state index contributed by atoms with van der Waals surface area (Å²) in [7, 11) is 1.52. The molecule has 0 bridgehead atoms. The van der Waals surface area contributed by atoms with E-state index in [0.717, 1.165) is 4.47 Å². The second-order valence-corrected chi connectivity index (χ2v) is 5.95. The van der Waals surface area contributed by atoms with E-state index in [-0.39, 0.29) is 18.4 Å². The third kappa shape index (κ3) is 4.21. The zero-order valence-electron chi connectivity index (χ0n) is 11.7. The van der Waals surface area contributed by atoms with Gasteiger partial charge in [-0.05, 0) is 31.0 Å². The van der Waals surface area contributed by atoms with E-state index in [1.165, 1.54) is 7.11 Å². The Morgan fingerprint density at radius 2 is 2.16 bits per heavy atom. The lowest BCUT2D eigenvalue weighted by Gasteiger charge is -2.27. The number of nitrogens with one attached hydrogen (secondary N) is 1. The van der Waals surface area contributed by atoms with Crippen LogP contribution >= 0.6 is 15.9 Å². The molecule has 0 aromatic heterocycles. The van der Waals surface area contributed by atoms with Gasteiger partial charge in [0.1, 0.15) is 5.75 Å². The van der Waals surface area contributed by atoms with E-state index in [2.05, 4.69) is 21.2 Å². The molecule has 1 amide bonds. The van der Waals surface area contributed by atoms with Crippen LogP contribution in [0.5, 0.6) is 5.75 Å². The Bertz CT molecular complexity index is 458. The van der Waals surface area contributed by atoms with Gasteiger partial charge in [-0.2, -0.15) is 0 Å². The number of ether oxygens (including phenoxy) is 1. The van der Waals surface area contributed by atoms with Crippen LogP contribution in [0.2, 0.25) is 0 Å². The van der Waals surface area contributed by atoms with Gasteiger partial charge in [0.2, 0.25) is 0 Å². The van der Waals surface area contributed by atoms with Crippen LogP contribution in [0.25, 0.3) is 0 Å². The van der Waals surface area contributed by atoms with Crippen LogP contribution in [0.3, 0.4) is 0 Å². The highest BCUT2D eigenvalue weighted by Crippen LogP contribution is 2.23. The number of methoxy groups -OCH3 is 1. The Kier molecular flexibility index (Phi) is 5.38. The fourth-order valence-electron chi connectivity index (χ4n) is 1.41. The maximum atomic E-state index is 12.1. The summed E-state index contributed by atoms with van der Waals surface area (Å²) in [6.07, 6.45) is 0. The standard InChI is InChI=1S/C14H20BrNO3/c1-9(2)14(3,18)8-16-13(17)11-6-5-10(15)7-12(11)19-4/h5-7,9,18H,8H2,1-4H3,(H,16,17). The van der Waals surface area contributed by atoms with Crippen LogP contribution in [-0.4, -0.2) is 30.3 Å². The highest BCUT2D eigenvalue weighted by Gasteiger charge is 2.26. The van der Waals surface area contributed by atoms with Crippen molar-refractivity contribution in [3.8, 4) is 5.75 Å². The van der Waals surface area contributed by atoms with Crippen LogP contribution < -0.4 is 10.1 Å². The molecular weight excluding hydrogens is 310 g/mol. The van der Waals surface area contributed by atoms with E-state index >= 15 is 0 Å². The molecule has 1 unspecified atom stereocenters. The minimum Gasteiger partial charge on any atom is -0.496 e. The summed E-state index contributed by atoms with van der Waals surface area (Å²) in [6.45, 7) is 5.72. The number of carbonyl (C=O) groups excluding carboxylic acids is 1. The van der Waals surface area contributed by atoms with Gasteiger partial charge in [-0.3, -0.25) is 4.79 Å². The lowest BCUT2D eigenvalue weighted by Crippen LogP contribution is -2.44. The van der Waals surface area contributed by atoms with Crippen LogP contribution in [-0.2, 0) is 0 Å². The fourth-order valence-corrected chi connectivity index (χ4v) is 1.75. The Balaban J connectivity index is 2.79. The molecule has 0 aliphatic heterocycles. The summed E-state index contributed by atoms with van der Waals surface area (Å²) in [5.74, 6) is 0.293. The molecule has 1 atom stereocenters. The van der Waals surface area contributed by atoms with Crippen LogP contribution in [0.1, 0.15) is 31.1 Å². The Labute approximate surface area is 122 Å². The van der Waals surface area contributed by atoms with Crippen molar-refractivity contribution in [2.45, 2.75) is 26.4 Å². The molecule has 0 aliphatic rings. The first kappa shape index (κ1) is 16.0. The first-order chi connectivity index (χ1) is 8.77. The number of rotatable bonds is 5. The summed E-state index contributed by atoms with van der Waals surface area (Å²) in [5, 5.41) is 12.8.